The number of nitro benzene ring substituents is 1. The van der Waals surface area contributed by atoms with E-state index in [9.17, 15) is 14.9 Å². The molecule has 0 aliphatic heterocycles. The molecule has 0 spiro atoms. The molecule has 0 atom stereocenters. The van der Waals surface area contributed by atoms with Gasteiger partial charge >= 0.3 is 0 Å². The molecule has 2 aromatic rings. The zero-order valence-corrected chi connectivity index (χ0v) is 14.8. The van der Waals surface area contributed by atoms with E-state index in [0.717, 1.165) is 5.56 Å². The van der Waals surface area contributed by atoms with Crippen molar-refractivity contribution in [1.82, 2.24) is 0 Å². The van der Waals surface area contributed by atoms with E-state index < -0.39 is 10.8 Å². The summed E-state index contributed by atoms with van der Waals surface area (Å²) >= 11 is 0. The minimum absolute atomic E-state index is 0.0510. The number of nitro groups is 1. The highest BCUT2D eigenvalue weighted by Crippen LogP contribution is 2.28. The van der Waals surface area contributed by atoms with Gasteiger partial charge in [0.2, 0.25) is 0 Å². The quantitative estimate of drug-likeness (QED) is 0.599. The Morgan fingerprint density at radius 2 is 2.00 bits per heavy atom. The number of hydrogen-bond acceptors (Lipinski definition) is 5. The van der Waals surface area contributed by atoms with Gasteiger partial charge in [-0.05, 0) is 37.6 Å². The van der Waals surface area contributed by atoms with Crippen LogP contribution in [0.25, 0.3) is 6.08 Å². The second kappa shape index (κ2) is 8.66. The third-order valence-electron chi connectivity index (χ3n) is 3.60. The van der Waals surface area contributed by atoms with Crippen molar-refractivity contribution in [2.75, 3.05) is 19.0 Å². The Balaban J connectivity index is 2.03. The Morgan fingerprint density at radius 1 is 1.23 bits per heavy atom. The number of rotatable bonds is 7. The number of hydrogen-bond donors (Lipinski definition) is 1. The summed E-state index contributed by atoms with van der Waals surface area (Å²) in [6.07, 6.45) is 3.83. The van der Waals surface area contributed by atoms with Gasteiger partial charge < -0.3 is 14.8 Å². The van der Waals surface area contributed by atoms with Crippen molar-refractivity contribution >= 4 is 23.4 Å². The fourth-order valence-electron chi connectivity index (χ4n) is 2.32. The molecule has 0 bridgehead atoms. The molecular weight excluding hydrogens is 336 g/mol. The van der Waals surface area contributed by atoms with Gasteiger partial charge in [0, 0.05) is 17.3 Å². The molecule has 0 saturated carbocycles. The van der Waals surface area contributed by atoms with Gasteiger partial charge in [-0.25, -0.2) is 0 Å². The van der Waals surface area contributed by atoms with E-state index in [1.165, 1.54) is 13.2 Å². The van der Waals surface area contributed by atoms with Crippen LogP contribution < -0.4 is 14.8 Å². The summed E-state index contributed by atoms with van der Waals surface area (Å²) in [5.74, 6) is 0.521. The maximum atomic E-state index is 12.1. The van der Waals surface area contributed by atoms with Crippen LogP contribution in [0.4, 0.5) is 11.4 Å². The number of benzene rings is 2. The number of carbonyl (C=O) groups excluding carboxylic acids is 1. The highest BCUT2D eigenvalue weighted by molar-refractivity contribution is 5.92. The molecule has 1 amide bonds. The van der Waals surface area contributed by atoms with E-state index in [1.807, 2.05) is 25.1 Å². The van der Waals surface area contributed by atoms with Gasteiger partial charge in [-0.3, -0.25) is 14.9 Å². The standard InChI is InChI=1S/C19H20N2O5/c1-4-5-14-7-9-17(18(10-14)25-3)26-12-19(22)20-15-8-6-13(2)16(11-15)21(23)24/h4-11H,12H2,1-3H3,(H,20,22)/b5-4+. The first-order valence-electron chi connectivity index (χ1n) is 7.93. The summed E-state index contributed by atoms with van der Waals surface area (Å²) < 4.78 is 10.8. The lowest BCUT2D eigenvalue weighted by molar-refractivity contribution is -0.385. The molecule has 0 radical (unpaired) electrons. The molecule has 26 heavy (non-hydrogen) atoms. The first-order chi connectivity index (χ1) is 12.4. The van der Waals surface area contributed by atoms with Crippen LogP contribution in [0.1, 0.15) is 18.1 Å². The van der Waals surface area contributed by atoms with Gasteiger partial charge in [0.1, 0.15) is 0 Å². The number of amides is 1. The van der Waals surface area contributed by atoms with Crippen molar-refractivity contribution in [2.24, 2.45) is 0 Å². The zero-order valence-electron chi connectivity index (χ0n) is 14.8. The molecule has 7 heteroatoms. The van der Waals surface area contributed by atoms with Crippen molar-refractivity contribution in [3.8, 4) is 11.5 Å². The number of carbonyl (C=O) groups is 1. The summed E-state index contributed by atoms with van der Waals surface area (Å²) in [5, 5.41) is 13.5. The monoisotopic (exact) mass is 356 g/mol. The number of anilines is 1. The van der Waals surface area contributed by atoms with Crippen molar-refractivity contribution in [1.29, 1.82) is 0 Å². The third kappa shape index (κ3) is 4.83. The van der Waals surface area contributed by atoms with Crippen LogP contribution in [0.5, 0.6) is 11.5 Å². The smallest absolute Gasteiger partial charge is 0.274 e. The molecule has 0 heterocycles. The molecule has 0 aliphatic carbocycles. The van der Waals surface area contributed by atoms with Crippen molar-refractivity contribution in [3.63, 3.8) is 0 Å². The van der Waals surface area contributed by atoms with Crippen molar-refractivity contribution < 1.29 is 19.2 Å². The summed E-state index contributed by atoms with van der Waals surface area (Å²) in [4.78, 5) is 22.5. The van der Waals surface area contributed by atoms with Crippen LogP contribution in [0.15, 0.2) is 42.5 Å². The molecule has 2 aromatic carbocycles. The van der Waals surface area contributed by atoms with Gasteiger partial charge in [0.05, 0.1) is 12.0 Å². The summed E-state index contributed by atoms with van der Waals surface area (Å²) in [5.41, 5.74) is 1.76. The summed E-state index contributed by atoms with van der Waals surface area (Å²) in [6, 6.07) is 9.87. The molecular formula is C19H20N2O5. The van der Waals surface area contributed by atoms with E-state index in [4.69, 9.17) is 9.47 Å². The van der Waals surface area contributed by atoms with Crippen LogP contribution in [0.3, 0.4) is 0 Å². The zero-order chi connectivity index (χ0) is 19.1. The Labute approximate surface area is 151 Å². The average Bonchev–Trinajstić information content (AvgIpc) is 2.62. The van der Waals surface area contributed by atoms with E-state index >= 15 is 0 Å². The third-order valence-corrected chi connectivity index (χ3v) is 3.60. The maximum Gasteiger partial charge on any atom is 0.274 e. The lowest BCUT2D eigenvalue weighted by Crippen LogP contribution is -2.20. The van der Waals surface area contributed by atoms with Crippen LogP contribution in [0, 0.1) is 17.0 Å². The Hall–Kier alpha value is -3.35. The molecule has 0 unspecified atom stereocenters. The molecule has 0 aromatic heterocycles. The molecule has 7 nitrogen and oxygen atoms in total. The molecule has 2 rings (SSSR count). The second-order valence-electron chi connectivity index (χ2n) is 5.51. The highest BCUT2D eigenvalue weighted by Gasteiger charge is 2.13. The predicted molar refractivity (Wildman–Crippen MR) is 99.7 cm³/mol. The first-order valence-corrected chi connectivity index (χ1v) is 7.93. The molecule has 1 N–H and O–H groups in total. The van der Waals surface area contributed by atoms with Gasteiger partial charge in [0.25, 0.3) is 11.6 Å². The number of ether oxygens (including phenoxy) is 2. The molecule has 0 saturated heterocycles. The molecule has 136 valence electrons. The SMILES string of the molecule is C/C=C/c1ccc(OCC(=O)Nc2ccc(C)c([N+](=O)[O-])c2)c(OC)c1. The second-order valence-corrected chi connectivity index (χ2v) is 5.51. The summed E-state index contributed by atoms with van der Waals surface area (Å²) in [7, 11) is 1.52. The predicted octanol–water partition coefficient (Wildman–Crippen LogP) is 3.96. The minimum Gasteiger partial charge on any atom is -0.493 e. The Kier molecular flexibility index (Phi) is 6.32. The van der Waals surface area contributed by atoms with E-state index in [2.05, 4.69) is 5.32 Å². The Bertz CT molecular complexity index is 846. The minimum atomic E-state index is -0.487. The van der Waals surface area contributed by atoms with Gasteiger partial charge in [-0.15, -0.1) is 0 Å². The number of allylic oxidation sites excluding steroid dienone is 1. The topological polar surface area (TPSA) is 90.7 Å². The van der Waals surface area contributed by atoms with E-state index in [0.29, 0.717) is 22.7 Å². The number of methoxy groups -OCH3 is 1. The number of aryl methyl sites for hydroxylation is 1. The summed E-state index contributed by atoms with van der Waals surface area (Å²) in [6.45, 7) is 3.30. The fourth-order valence-corrected chi connectivity index (χ4v) is 2.32. The van der Waals surface area contributed by atoms with Crippen LogP contribution in [-0.2, 0) is 4.79 Å². The van der Waals surface area contributed by atoms with Crippen LogP contribution in [-0.4, -0.2) is 24.5 Å². The largest absolute Gasteiger partial charge is 0.493 e. The van der Waals surface area contributed by atoms with E-state index in [1.54, 1.807) is 31.2 Å². The lowest BCUT2D eigenvalue weighted by Gasteiger charge is -2.11. The van der Waals surface area contributed by atoms with Crippen LogP contribution >= 0.6 is 0 Å². The first kappa shape index (κ1) is 19.0. The van der Waals surface area contributed by atoms with Crippen molar-refractivity contribution in [3.05, 3.63) is 63.7 Å². The fraction of sp³-hybridized carbons (Fsp3) is 0.211. The normalized spacial score (nSPS) is 10.6. The van der Waals surface area contributed by atoms with E-state index in [-0.39, 0.29) is 12.3 Å². The lowest BCUT2D eigenvalue weighted by atomic mass is 10.2. The highest BCUT2D eigenvalue weighted by atomic mass is 16.6. The van der Waals surface area contributed by atoms with Crippen LogP contribution in [0.2, 0.25) is 0 Å². The molecule has 0 aliphatic rings. The average molecular weight is 356 g/mol. The Morgan fingerprint density at radius 3 is 2.65 bits per heavy atom. The number of nitrogens with zero attached hydrogens (tertiary/aromatic N) is 1. The number of nitrogens with one attached hydrogen (secondary N) is 1. The van der Waals surface area contributed by atoms with Gasteiger partial charge in [-0.2, -0.15) is 0 Å². The van der Waals surface area contributed by atoms with Gasteiger partial charge in [0.15, 0.2) is 18.1 Å². The van der Waals surface area contributed by atoms with Gasteiger partial charge in [-0.1, -0.05) is 24.3 Å². The maximum absolute atomic E-state index is 12.1. The van der Waals surface area contributed by atoms with Crippen molar-refractivity contribution in [2.45, 2.75) is 13.8 Å². The molecule has 0 fully saturated rings.